The molecule has 1 aliphatic heterocycles. The van der Waals surface area contributed by atoms with Crippen LogP contribution in [0.15, 0.2) is 36.4 Å². The summed E-state index contributed by atoms with van der Waals surface area (Å²) in [6, 6.07) is 12.3. The van der Waals surface area contributed by atoms with Gasteiger partial charge in [-0.25, -0.2) is 0 Å². The number of nitrogens with one attached hydrogen (secondary N) is 1. The average Bonchev–Trinajstić information content (AvgIpc) is 2.91. The van der Waals surface area contributed by atoms with Crippen molar-refractivity contribution in [3.8, 4) is 5.75 Å². The molecule has 1 amide bonds. The van der Waals surface area contributed by atoms with Gasteiger partial charge in [-0.2, -0.15) is 0 Å². The topological polar surface area (TPSA) is 41.6 Å². The molecule has 0 bridgehead atoms. The SMILES string of the molecule is Cc1cc(C)c(OCC(=O)Nc2ccc(N3CCCCCC3)cc2)c(C)c1. The summed E-state index contributed by atoms with van der Waals surface area (Å²) < 4.78 is 5.77. The first-order valence-corrected chi connectivity index (χ1v) is 9.88. The highest BCUT2D eigenvalue weighted by atomic mass is 16.5. The number of amides is 1. The van der Waals surface area contributed by atoms with Crippen molar-refractivity contribution in [2.75, 3.05) is 29.9 Å². The van der Waals surface area contributed by atoms with E-state index in [9.17, 15) is 4.79 Å². The maximum Gasteiger partial charge on any atom is 0.262 e. The van der Waals surface area contributed by atoms with Crippen molar-refractivity contribution in [2.45, 2.75) is 46.5 Å². The second kappa shape index (κ2) is 8.94. The molecule has 27 heavy (non-hydrogen) atoms. The predicted molar refractivity (Wildman–Crippen MR) is 112 cm³/mol. The summed E-state index contributed by atoms with van der Waals surface area (Å²) in [7, 11) is 0. The second-order valence-electron chi connectivity index (χ2n) is 7.51. The number of carbonyl (C=O) groups excluding carboxylic acids is 1. The molecule has 2 aromatic rings. The van der Waals surface area contributed by atoms with Gasteiger partial charge in [-0.05, 0) is 69.0 Å². The van der Waals surface area contributed by atoms with Gasteiger partial charge < -0.3 is 15.0 Å². The molecule has 4 nitrogen and oxygen atoms in total. The summed E-state index contributed by atoms with van der Waals surface area (Å²) in [5.41, 5.74) is 5.35. The zero-order valence-electron chi connectivity index (χ0n) is 16.7. The van der Waals surface area contributed by atoms with E-state index >= 15 is 0 Å². The molecule has 1 aliphatic rings. The van der Waals surface area contributed by atoms with Crippen LogP contribution < -0.4 is 15.0 Å². The fourth-order valence-corrected chi connectivity index (χ4v) is 3.81. The Morgan fingerprint density at radius 2 is 1.56 bits per heavy atom. The van der Waals surface area contributed by atoms with Gasteiger partial charge in [0.25, 0.3) is 5.91 Å². The van der Waals surface area contributed by atoms with E-state index in [1.807, 2.05) is 26.0 Å². The zero-order chi connectivity index (χ0) is 19.2. The van der Waals surface area contributed by atoms with E-state index in [2.05, 4.69) is 41.4 Å². The van der Waals surface area contributed by atoms with Crippen molar-refractivity contribution in [1.82, 2.24) is 0 Å². The van der Waals surface area contributed by atoms with Crippen LogP contribution in [0.2, 0.25) is 0 Å². The van der Waals surface area contributed by atoms with E-state index in [0.717, 1.165) is 35.7 Å². The van der Waals surface area contributed by atoms with Gasteiger partial charge in [-0.3, -0.25) is 4.79 Å². The highest BCUT2D eigenvalue weighted by Gasteiger charge is 2.11. The molecular weight excluding hydrogens is 336 g/mol. The first-order chi connectivity index (χ1) is 13.0. The van der Waals surface area contributed by atoms with Gasteiger partial charge >= 0.3 is 0 Å². The van der Waals surface area contributed by atoms with E-state index in [4.69, 9.17) is 4.74 Å². The Labute approximate surface area is 162 Å². The van der Waals surface area contributed by atoms with Gasteiger partial charge in [0, 0.05) is 24.5 Å². The summed E-state index contributed by atoms with van der Waals surface area (Å²) >= 11 is 0. The number of rotatable bonds is 5. The molecule has 1 fully saturated rings. The smallest absolute Gasteiger partial charge is 0.262 e. The number of hydrogen-bond donors (Lipinski definition) is 1. The fourth-order valence-electron chi connectivity index (χ4n) is 3.81. The average molecular weight is 367 g/mol. The third kappa shape index (κ3) is 5.25. The Balaban J connectivity index is 1.55. The molecule has 0 radical (unpaired) electrons. The molecule has 1 N–H and O–H groups in total. The minimum atomic E-state index is -0.142. The molecule has 1 saturated heterocycles. The first kappa shape index (κ1) is 19.3. The van der Waals surface area contributed by atoms with Crippen LogP contribution in [-0.4, -0.2) is 25.6 Å². The maximum atomic E-state index is 12.3. The van der Waals surface area contributed by atoms with Crippen LogP contribution in [0.3, 0.4) is 0 Å². The lowest BCUT2D eigenvalue weighted by atomic mass is 10.1. The Bertz CT molecular complexity index is 752. The normalized spacial score (nSPS) is 14.6. The number of anilines is 2. The lowest BCUT2D eigenvalue weighted by Crippen LogP contribution is -2.24. The highest BCUT2D eigenvalue weighted by Crippen LogP contribution is 2.25. The zero-order valence-corrected chi connectivity index (χ0v) is 16.7. The van der Waals surface area contributed by atoms with Crippen molar-refractivity contribution in [1.29, 1.82) is 0 Å². The maximum absolute atomic E-state index is 12.3. The summed E-state index contributed by atoms with van der Waals surface area (Å²) in [5.74, 6) is 0.657. The minimum Gasteiger partial charge on any atom is -0.483 e. The number of aryl methyl sites for hydroxylation is 3. The molecule has 2 aromatic carbocycles. The Morgan fingerprint density at radius 3 is 2.15 bits per heavy atom. The van der Waals surface area contributed by atoms with Gasteiger partial charge in [0.1, 0.15) is 5.75 Å². The van der Waals surface area contributed by atoms with E-state index in [0.29, 0.717) is 0 Å². The van der Waals surface area contributed by atoms with Gasteiger partial charge in [0.15, 0.2) is 6.61 Å². The van der Waals surface area contributed by atoms with Crippen LogP contribution in [0, 0.1) is 20.8 Å². The van der Waals surface area contributed by atoms with Gasteiger partial charge in [0.2, 0.25) is 0 Å². The molecule has 0 spiro atoms. The molecule has 1 heterocycles. The van der Waals surface area contributed by atoms with E-state index < -0.39 is 0 Å². The number of carbonyl (C=O) groups is 1. The molecule has 144 valence electrons. The molecule has 0 saturated carbocycles. The Kier molecular flexibility index (Phi) is 6.38. The van der Waals surface area contributed by atoms with Gasteiger partial charge in [-0.15, -0.1) is 0 Å². The highest BCUT2D eigenvalue weighted by molar-refractivity contribution is 5.92. The van der Waals surface area contributed by atoms with Crippen LogP contribution in [0.5, 0.6) is 5.75 Å². The van der Waals surface area contributed by atoms with Crippen LogP contribution in [0.4, 0.5) is 11.4 Å². The predicted octanol–water partition coefficient (Wildman–Crippen LogP) is 5.01. The van der Waals surface area contributed by atoms with Crippen molar-refractivity contribution >= 4 is 17.3 Å². The summed E-state index contributed by atoms with van der Waals surface area (Å²) in [4.78, 5) is 14.7. The van der Waals surface area contributed by atoms with Gasteiger partial charge in [-0.1, -0.05) is 30.5 Å². The standard InChI is InChI=1S/C23H30N2O2/c1-17-14-18(2)23(19(3)15-17)27-16-22(26)24-20-8-10-21(11-9-20)25-12-6-4-5-7-13-25/h8-11,14-15H,4-7,12-13,16H2,1-3H3,(H,24,26). The molecule has 3 rings (SSSR count). The lowest BCUT2D eigenvalue weighted by Gasteiger charge is -2.22. The van der Waals surface area contributed by atoms with Crippen LogP contribution in [0.1, 0.15) is 42.4 Å². The largest absolute Gasteiger partial charge is 0.483 e. The van der Waals surface area contributed by atoms with Gasteiger partial charge in [0.05, 0.1) is 0 Å². The quantitative estimate of drug-likeness (QED) is 0.809. The van der Waals surface area contributed by atoms with E-state index in [1.165, 1.54) is 36.9 Å². The van der Waals surface area contributed by atoms with Crippen LogP contribution >= 0.6 is 0 Å². The lowest BCUT2D eigenvalue weighted by molar-refractivity contribution is -0.118. The van der Waals surface area contributed by atoms with Crippen LogP contribution in [0.25, 0.3) is 0 Å². The molecule has 0 aliphatic carbocycles. The molecule has 0 unspecified atom stereocenters. The first-order valence-electron chi connectivity index (χ1n) is 9.88. The number of ether oxygens (including phenoxy) is 1. The van der Waals surface area contributed by atoms with Crippen molar-refractivity contribution in [3.63, 3.8) is 0 Å². The summed E-state index contributed by atoms with van der Waals surface area (Å²) in [6.07, 6.45) is 5.16. The second-order valence-corrected chi connectivity index (χ2v) is 7.51. The molecule has 0 aromatic heterocycles. The third-order valence-electron chi connectivity index (χ3n) is 5.07. The Hall–Kier alpha value is -2.49. The van der Waals surface area contributed by atoms with E-state index in [-0.39, 0.29) is 12.5 Å². The van der Waals surface area contributed by atoms with E-state index in [1.54, 1.807) is 0 Å². The van der Waals surface area contributed by atoms with Crippen molar-refractivity contribution in [3.05, 3.63) is 53.1 Å². The monoisotopic (exact) mass is 366 g/mol. The number of benzene rings is 2. The Morgan fingerprint density at radius 1 is 0.963 bits per heavy atom. The molecule has 0 atom stereocenters. The van der Waals surface area contributed by atoms with Crippen molar-refractivity contribution < 1.29 is 9.53 Å². The summed E-state index contributed by atoms with van der Waals surface area (Å²) in [5, 5.41) is 2.92. The molecular formula is C23H30N2O2. The summed E-state index contributed by atoms with van der Waals surface area (Å²) in [6.45, 7) is 8.33. The molecule has 4 heteroatoms. The third-order valence-corrected chi connectivity index (χ3v) is 5.07. The number of nitrogens with zero attached hydrogens (tertiary/aromatic N) is 1. The fraction of sp³-hybridized carbons (Fsp3) is 0.435. The van der Waals surface area contributed by atoms with Crippen molar-refractivity contribution in [2.24, 2.45) is 0 Å². The van der Waals surface area contributed by atoms with Crippen LogP contribution in [-0.2, 0) is 4.79 Å². The number of hydrogen-bond acceptors (Lipinski definition) is 3. The minimum absolute atomic E-state index is 0.0125.